The molecule has 2 aromatic rings. The van der Waals surface area contributed by atoms with E-state index < -0.39 is 0 Å². The van der Waals surface area contributed by atoms with Gasteiger partial charge in [0.15, 0.2) is 0 Å². The number of aromatic nitrogens is 2. The lowest BCUT2D eigenvalue weighted by Gasteiger charge is -2.11. The summed E-state index contributed by atoms with van der Waals surface area (Å²) in [6, 6.07) is 3.65. The Morgan fingerprint density at radius 3 is 2.29 bits per heavy atom. The number of ether oxygens (including phenoxy) is 2. The molecule has 0 aliphatic heterocycles. The Balaban J connectivity index is 2.67. The fourth-order valence-electron chi connectivity index (χ4n) is 1.77. The molecule has 0 saturated carbocycles. The Bertz CT molecular complexity index is 584. The van der Waals surface area contributed by atoms with Crippen molar-refractivity contribution in [1.82, 2.24) is 10.2 Å². The van der Waals surface area contributed by atoms with Gasteiger partial charge in [-0.05, 0) is 24.6 Å². The molecule has 90 valence electrons. The molecule has 1 heterocycles. The molecule has 0 radical (unpaired) electrons. The Kier molecular flexibility index (Phi) is 2.91. The Labute approximate surface area is 98.4 Å². The van der Waals surface area contributed by atoms with Gasteiger partial charge in [0.25, 0.3) is 5.56 Å². The van der Waals surface area contributed by atoms with Gasteiger partial charge in [0.1, 0.15) is 11.5 Å². The van der Waals surface area contributed by atoms with Gasteiger partial charge in [0.2, 0.25) is 0 Å². The molecule has 0 aliphatic carbocycles. The van der Waals surface area contributed by atoms with Gasteiger partial charge in [-0.1, -0.05) is 0 Å². The minimum absolute atomic E-state index is 0.186. The highest BCUT2D eigenvalue weighted by Gasteiger charge is 2.13. The molecule has 0 atom stereocenters. The number of rotatable bonds is 3. The first-order chi connectivity index (χ1) is 8.17. The summed E-state index contributed by atoms with van der Waals surface area (Å²) >= 11 is 0. The number of hydrogen-bond acceptors (Lipinski definition) is 3. The summed E-state index contributed by atoms with van der Waals surface area (Å²) < 4.78 is 10.5. The number of aromatic amines is 2. The van der Waals surface area contributed by atoms with Crippen LogP contribution in [0.3, 0.4) is 0 Å². The molecular formula is C12H14N2O3. The maximum Gasteiger partial charge on any atom is 0.271 e. The zero-order valence-corrected chi connectivity index (χ0v) is 9.96. The monoisotopic (exact) mass is 234 g/mol. The van der Waals surface area contributed by atoms with Crippen LogP contribution < -0.4 is 15.0 Å². The predicted molar refractivity (Wildman–Crippen MR) is 64.7 cm³/mol. The molecule has 1 aromatic carbocycles. The third kappa shape index (κ3) is 1.91. The van der Waals surface area contributed by atoms with Gasteiger partial charge in [-0.25, -0.2) is 0 Å². The van der Waals surface area contributed by atoms with E-state index in [1.807, 2.05) is 13.0 Å². The normalized spacial score (nSPS) is 10.3. The fourth-order valence-corrected chi connectivity index (χ4v) is 1.77. The first kappa shape index (κ1) is 11.3. The molecular weight excluding hydrogens is 220 g/mol. The summed E-state index contributed by atoms with van der Waals surface area (Å²) in [6.45, 7) is 1.92. The van der Waals surface area contributed by atoms with E-state index in [-0.39, 0.29) is 5.56 Å². The van der Waals surface area contributed by atoms with E-state index in [0.717, 1.165) is 11.3 Å². The van der Waals surface area contributed by atoms with Gasteiger partial charge in [-0.2, -0.15) is 0 Å². The zero-order chi connectivity index (χ0) is 12.4. The lowest BCUT2D eigenvalue weighted by Crippen LogP contribution is -2.03. The SMILES string of the molecule is COc1cc(-c2c[nH][nH]c2=O)c(OC)cc1C. The van der Waals surface area contributed by atoms with Crippen molar-refractivity contribution < 1.29 is 9.47 Å². The van der Waals surface area contributed by atoms with E-state index in [1.54, 1.807) is 26.5 Å². The standard InChI is InChI=1S/C12H14N2O3/c1-7-4-11(17-3)8(5-10(7)16-2)9-6-13-14-12(9)15/h4-6H,1-3H3,(H2,13,14,15). The quantitative estimate of drug-likeness (QED) is 0.849. The molecule has 0 spiro atoms. The Hall–Kier alpha value is -2.17. The predicted octanol–water partition coefficient (Wildman–Crippen LogP) is 1.70. The van der Waals surface area contributed by atoms with Crippen LogP contribution in [0.5, 0.6) is 11.5 Å². The highest BCUT2D eigenvalue weighted by Crippen LogP contribution is 2.33. The van der Waals surface area contributed by atoms with Crippen LogP contribution in [0.25, 0.3) is 11.1 Å². The second-order valence-electron chi connectivity index (χ2n) is 3.68. The minimum atomic E-state index is -0.186. The second-order valence-corrected chi connectivity index (χ2v) is 3.68. The van der Waals surface area contributed by atoms with Crippen LogP contribution in [0.1, 0.15) is 5.56 Å². The average Bonchev–Trinajstić information content (AvgIpc) is 2.75. The highest BCUT2D eigenvalue weighted by molar-refractivity contribution is 5.72. The van der Waals surface area contributed by atoms with Crippen LogP contribution in [-0.4, -0.2) is 24.4 Å². The van der Waals surface area contributed by atoms with Gasteiger partial charge in [-0.3, -0.25) is 9.89 Å². The molecule has 0 aliphatic rings. The summed E-state index contributed by atoms with van der Waals surface area (Å²) in [6.07, 6.45) is 1.61. The third-order valence-corrected chi connectivity index (χ3v) is 2.65. The summed E-state index contributed by atoms with van der Waals surface area (Å²) in [5, 5.41) is 5.16. The van der Waals surface area contributed by atoms with Crippen molar-refractivity contribution in [2.75, 3.05) is 14.2 Å². The first-order valence-electron chi connectivity index (χ1n) is 5.16. The number of aryl methyl sites for hydroxylation is 1. The molecule has 2 rings (SSSR count). The van der Waals surface area contributed by atoms with Crippen LogP contribution in [0.4, 0.5) is 0 Å². The van der Waals surface area contributed by atoms with Crippen molar-refractivity contribution in [3.63, 3.8) is 0 Å². The summed E-state index contributed by atoms with van der Waals surface area (Å²) in [4.78, 5) is 11.6. The van der Waals surface area contributed by atoms with E-state index in [4.69, 9.17) is 9.47 Å². The summed E-state index contributed by atoms with van der Waals surface area (Å²) in [5.74, 6) is 1.37. The van der Waals surface area contributed by atoms with Crippen molar-refractivity contribution in [3.8, 4) is 22.6 Å². The van der Waals surface area contributed by atoms with E-state index in [9.17, 15) is 4.79 Å². The molecule has 0 fully saturated rings. The number of benzene rings is 1. The number of hydrogen-bond donors (Lipinski definition) is 2. The van der Waals surface area contributed by atoms with E-state index >= 15 is 0 Å². The first-order valence-corrected chi connectivity index (χ1v) is 5.16. The van der Waals surface area contributed by atoms with Gasteiger partial charge in [0, 0.05) is 11.8 Å². The largest absolute Gasteiger partial charge is 0.496 e. The molecule has 2 N–H and O–H groups in total. The van der Waals surface area contributed by atoms with E-state index in [1.165, 1.54) is 0 Å². The molecule has 0 amide bonds. The van der Waals surface area contributed by atoms with Crippen LogP contribution in [-0.2, 0) is 0 Å². The maximum atomic E-state index is 11.6. The molecule has 0 saturated heterocycles. The summed E-state index contributed by atoms with van der Waals surface area (Å²) in [5.41, 5.74) is 2.01. The van der Waals surface area contributed by atoms with Gasteiger partial charge in [-0.15, -0.1) is 0 Å². The topological polar surface area (TPSA) is 67.1 Å². The molecule has 5 heteroatoms. The van der Waals surface area contributed by atoms with Crippen LogP contribution >= 0.6 is 0 Å². The van der Waals surface area contributed by atoms with Gasteiger partial charge in [0.05, 0.1) is 19.8 Å². The zero-order valence-electron chi connectivity index (χ0n) is 9.96. The Morgan fingerprint density at radius 1 is 1.06 bits per heavy atom. The fraction of sp³-hybridized carbons (Fsp3) is 0.250. The Morgan fingerprint density at radius 2 is 1.76 bits per heavy atom. The third-order valence-electron chi connectivity index (χ3n) is 2.65. The van der Waals surface area contributed by atoms with E-state index in [2.05, 4.69) is 10.2 Å². The molecule has 5 nitrogen and oxygen atoms in total. The lowest BCUT2D eigenvalue weighted by molar-refractivity contribution is 0.402. The van der Waals surface area contributed by atoms with Crippen LogP contribution in [0, 0.1) is 6.92 Å². The van der Waals surface area contributed by atoms with Crippen molar-refractivity contribution in [3.05, 3.63) is 34.2 Å². The maximum absolute atomic E-state index is 11.6. The van der Waals surface area contributed by atoms with Crippen molar-refractivity contribution in [1.29, 1.82) is 0 Å². The number of methoxy groups -OCH3 is 2. The van der Waals surface area contributed by atoms with Gasteiger partial charge >= 0.3 is 0 Å². The summed E-state index contributed by atoms with van der Waals surface area (Å²) in [7, 11) is 3.17. The van der Waals surface area contributed by atoms with Crippen molar-refractivity contribution in [2.45, 2.75) is 6.92 Å². The van der Waals surface area contributed by atoms with E-state index in [0.29, 0.717) is 16.9 Å². The van der Waals surface area contributed by atoms with Crippen LogP contribution in [0.2, 0.25) is 0 Å². The smallest absolute Gasteiger partial charge is 0.271 e. The molecule has 0 unspecified atom stereocenters. The second kappa shape index (κ2) is 4.37. The number of H-pyrrole nitrogens is 2. The van der Waals surface area contributed by atoms with Crippen LogP contribution in [0.15, 0.2) is 23.1 Å². The molecule has 1 aromatic heterocycles. The van der Waals surface area contributed by atoms with Crippen molar-refractivity contribution in [2.24, 2.45) is 0 Å². The highest BCUT2D eigenvalue weighted by atomic mass is 16.5. The average molecular weight is 234 g/mol. The lowest BCUT2D eigenvalue weighted by atomic mass is 10.0. The molecule has 0 bridgehead atoms. The minimum Gasteiger partial charge on any atom is -0.496 e. The van der Waals surface area contributed by atoms with Gasteiger partial charge < -0.3 is 14.6 Å². The molecule has 17 heavy (non-hydrogen) atoms. The number of nitrogens with one attached hydrogen (secondary N) is 2. The van der Waals surface area contributed by atoms with Crippen molar-refractivity contribution >= 4 is 0 Å².